The fourth-order valence-corrected chi connectivity index (χ4v) is 7.50. The zero-order chi connectivity index (χ0) is 31.2. The molecule has 0 aliphatic rings. The molecular weight excluding hydrogens is 593 g/mol. The molecule has 0 fully saturated rings. The van der Waals surface area contributed by atoms with Crippen LogP contribution in [0.1, 0.15) is 0 Å². The van der Waals surface area contributed by atoms with Crippen LogP contribution in [-0.2, 0) is 0 Å². The van der Waals surface area contributed by atoms with Crippen LogP contribution in [0, 0.1) is 0 Å². The number of hydrogen-bond acceptors (Lipinski definition) is 5. The predicted molar refractivity (Wildman–Crippen MR) is 195 cm³/mol. The Hall–Kier alpha value is -6.04. The van der Waals surface area contributed by atoms with E-state index in [1.54, 1.807) is 11.3 Å². The van der Waals surface area contributed by atoms with Gasteiger partial charge in [0.2, 0.25) is 0 Å². The molecule has 220 valence electrons. The lowest BCUT2D eigenvalue weighted by Gasteiger charge is -2.18. The average Bonchev–Trinajstić information content (AvgIpc) is 3.59. The summed E-state index contributed by atoms with van der Waals surface area (Å²) >= 11 is 1.70. The Morgan fingerprint density at radius 3 is 1.64 bits per heavy atom. The molecule has 47 heavy (non-hydrogen) atoms. The van der Waals surface area contributed by atoms with Crippen LogP contribution < -0.4 is 0 Å². The Bertz CT molecular complexity index is 2490. The fraction of sp³-hybridized carbons (Fsp3) is 0. The van der Waals surface area contributed by atoms with E-state index in [9.17, 15) is 0 Å². The van der Waals surface area contributed by atoms with Gasteiger partial charge in [0.05, 0.1) is 4.88 Å². The molecule has 6 aromatic carbocycles. The van der Waals surface area contributed by atoms with E-state index in [4.69, 9.17) is 15.0 Å². The maximum absolute atomic E-state index is 5.09. The number of fused-ring (bicyclic) bond motifs is 3. The molecule has 0 spiro atoms. The van der Waals surface area contributed by atoms with Crippen molar-refractivity contribution in [2.24, 2.45) is 0 Å². The van der Waals surface area contributed by atoms with E-state index in [-0.39, 0.29) is 0 Å². The lowest BCUT2D eigenvalue weighted by Crippen LogP contribution is -1.99. The van der Waals surface area contributed by atoms with Crippen molar-refractivity contribution in [1.82, 2.24) is 19.9 Å². The van der Waals surface area contributed by atoms with Gasteiger partial charge in [-0.05, 0) is 67.9 Å². The third-order valence-electron chi connectivity index (χ3n) is 8.60. The summed E-state index contributed by atoms with van der Waals surface area (Å²) in [7, 11) is 0. The van der Waals surface area contributed by atoms with E-state index in [1.807, 2.05) is 48.8 Å². The van der Waals surface area contributed by atoms with Gasteiger partial charge in [-0.15, -0.1) is 11.3 Å². The summed E-state index contributed by atoms with van der Waals surface area (Å²) in [4.78, 5) is 20.6. The quantitative estimate of drug-likeness (QED) is 0.180. The van der Waals surface area contributed by atoms with E-state index in [0.29, 0.717) is 17.5 Å². The lowest BCUT2D eigenvalue weighted by atomic mass is 9.86. The molecular formula is C42H26N4S. The van der Waals surface area contributed by atoms with Gasteiger partial charge < -0.3 is 0 Å². The van der Waals surface area contributed by atoms with Crippen LogP contribution in [-0.4, -0.2) is 19.9 Å². The first kappa shape index (κ1) is 27.3. The van der Waals surface area contributed by atoms with Crippen LogP contribution in [0.25, 0.3) is 87.4 Å². The van der Waals surface area contributed by atoms with Crippen molar-refractivity contribution in [3.8, 4) is 55.7 Å². The number of rotatable bonds is 5. The standard InChI is InChI=1S/C42H26N4S/c1-2-12-27(13-3-1)40-44-41(46-42(45-40)37-25-28-14-4-9-22-36(28)47-37)30-16-10-15-29(24-30)38-32-18-5-7-20-34(32)39(31-17-11-23-43-26-31)35-21-8-6-19-33(35)38/h1-26H. The number of hydrogen-bond donors (Lipinski definition) is 0. The molecule has 0 atom stereocenters. The number of benzene rings is 6. The molecule has 3 aromatic heterocycles. The van der Waals surface area contributed by atoms with Gasteiger partial charge in [-0.25, -0.2) is 15.0 Å². The van der Waals surface area contributed by atoms with Crippen molar-refractivity contribution >= 4 is 43.0 Å². The van der Waals surface area contributed by atoms with Crippen molar-refractivity contribution in [1.29, 1.82) is 0 Å². The summed E-state index contributed by atoms with van der Waals surface area (Å²) in [6.45, 7) is 0. The van der Waals surface area contributed by atoms with Gasteiger partial charge >= 0.3 is 0 Å². The molecule has 0 bridgehead atoms. The van der Waals surface area contributed by atoms with E-state index < -0.39 is 0 Å². The zero-order valence-electron chi connectivity index (χ0n) is 25.2. The summed E-state index contributed by atoms with van der Waals surface area (Å²) in [6.07, 6.45) is 3.78. The summed E-state index contributed by atoms with van der Waals surface area (Å²) < 4.78 is 1.21. The highest BCUT2D eigenvalue weighted by molar-refractivity contribution is 7.22. The molecule has 0 aliphatic heterocycles. The predicted octanol–water partition coefficient (Wildman–Crippen LogP) is 11.1. The lowest BCUT2D eigenvalue weighted by molar-refractivity contribution is 1.08. The maximum Gasteiger partial charge on any atom is 0.174 e. The van der Waals surface area contributed by atoms with Crippen LogP contribution in [0.5, 0.6) is 0 Å². The molecule has 9 rings (SSSR count). The van der Waals surface area contributed by atoms with Crippen LogP contribution in [0.3, 0.4) is 0 Å². The Labute approximate surface area is 275 Å². The van der Waals surface area contributed by atoms with Gasteiger partial charge in [0.25, 0.3) is 0 Å². The normalized spacial score (nSPS) is 11.4. The van der Waals surface area contributed by atoms with Crippen LogP contribution in [0.15, 0.2) is 158 Å². The van der Waals surface area contributed by atoms with Gasteiger partial charge in [0, 0.05) is 33.8 Å². The van der Waals surface area contributed by atoms with E-state index in [0.717, 1.165) is 27.1 Å². The van der Waals surface area contributed by atoms with Gasteiger partial charge in [-0.3, -0.25) is 4.98 Å². The van der Waals surface area contributed by atoms with Crippen LogP contribution >= 0.6 is 11.3 Å². The van der Waals surface area contributed by atoms with E-state index in [2.05, 4.69) is 114 Å². The van der Waals surface area contributed by atoms with E-state index in [1.165, 1.54) is 42.8 Å². The Morgan fingerprint density at radius 2 is 0.957 bits per heavy atom. The second-order valence-corrected chi connectivity index (χ2v) is 12.6. The molecule has 5 heteroatoms. The maximum atomic E-state index is 5.09. The highest BCUT2D eigenvalue weighted by Gasteiger charge is 2.18. The van der Waals surface area contributed by atoms with E-state index >= 15 is 0 Å². The topological polar surface area (TPSA) is 51.6 Å². The second-order valence-electron chi connectivity index (χ2n) is 11.5. The Morgan fingerprint density at radius 1 is 0.404 bits per heavy atom. The molecule has 3 heterocycles. The molecule has 0 saturated heterocycles. The number of nitrogens with zero attached hydrogens (tertiary/aromatic N) is 4. The number of pyridine rings is 1. The summed E-state index contributed by atoms with van der Waals surface area (Å²) in [6, 6.07) is 50.8. The van der Waals surface area contributed by atoms with Crippen molar-refractivity contribution < 1.29 is 0 Å². The second kappa shape index (κ2) is 11.4. The van der Waals surface area contributed by atoms with Crippen molar-refractivity contribution in [2.75, 3.05) is 0 Å². The minimum atomic E-state index is 0.647. The van der Waals surface area contributed by atoms with Gasteiger partial charge in [0.15, 0.2) is 17.5 Å². The molecule has 0 amide bonds. The van der Waals surface area contributed by atoms with Gasteiger partial charge in [-0.1, -0.05) is 121 Å². The number of aromatic nitrogens is 4. The zero-order valence-corrected chi connectivity index (χ0v) is 26.0. The average molecular weight is 619 g/mol. The highest BCUT2D eigenvalue weighted by Crippen LogP contribution is 2.44. The molecule has 0 radical (unpaired) electrons. The van der Waals surface area contributed by atoms with Gasteiger partial charge in [0.1, 0.15) is 0 Å². The molecule has 0 N–H and O–H groups in total. The summed E-state index contributed by atoms with van der Waals surface area (Å²) in [5.41, 5.74) is 6.49. The SMILES string of the molecule is c1ccc(-c2nc(-c3cccc(-c4c5ccccc5c(-c5cccnc5)c5ccccc45)c3)nc(-c3cc4ccccc4s3)n2)cc1. The van der Waals surface area contributed by atoms with Crippen molar-refractivity contribution in [2.45, 2.75) is 0 Å². The minimum absolute atomic E-state index is 0.647. The fourth-order valence-electron chi connectivity index (χ4n) is 6.50. The smallest absolute Gasteiger partial charge is 0.174 e. The highest BCUT2D eigenvalue weighted by atomic mass is 32.1. The molecule has 4 nitrogen and oxygen atoms in total. The third kappa shape index (κ3) is 4.85. The van der Waals surface area contributed by atoms with Gasteiger partial charge in [-0.2, -0.15) is 0 Å². The third-order valence-corrected chi connectivity index (χ3v) is 9.72. The monoisotopic (exact) mass is 618 g/mol. The first-order chi connectivity index (χ1) is 23.3. The number of thiophene rings is 1. The molecule has 0 aliphatic carbocycles. The Kier molecular flexibility index (Phi) is 6.61. The first-order valence-corrected chi connectivity index (χ1v) is 16.4. The summed E-state index contributed by atoms with van der Waals surface area (Å²) in [5.74, 6) is 1.98. The molecule has 0 unspecified atom stereocenters. The van der Waals surface area contributed by atoms with Crippen molar-refractivity contribution in [3.63, 3.8) is 0 Å². The summed E-state index contributed by atoms with van der Waals surface area (Å²) in [5, 5.41) is 5.95. The molecule has 0 saturated carbocycles. The first-order valence-electron chi connectivity index (χ1n) is 15.6. The van der Waals surface area contributed by atoms with Crippen molar-refractivity contribution in [3.05, 3.63) is 158 Å². The Balaban J connectivity index is 1.26. The van der Waals surface area contributed by atoms with Crippen LogP contribution in [0.4, 0.5) is 0 Å². The molecule has 9 aromatic rings. The largest absolute Gasteiger partial charge is 0.264 e. The van der Waals surface area contributed by atoms with Crippen LogP contribution in [0.2, 0.25) is 0 Å². The minimum Gasteiger partial charge on any atom is -0.264 e.